The maximum Gasteiger partial charge on any atom is 0.185 e. The van der Waals surface area contributed by atoms with E-state index >= 15 is 0 Å². The van der Waals surface area contributed by atoms with E-state index in [9.17, 15) is 4.79 Å². The summed E-state index contributed by atoms with van der Waals surface area (Å²) in [6, 6.07) is 7.26. The van der Waals surface area contributed by atoms with Gasteiger partial charge in [0.2, 0.25) is 0 Å². The van der Waals surface area contributed by atoms with E-state index in [0.29, 0.717) is 11.3 Å². The normalized spacial score (nSPS) is 11.6. The quantitative estimate of drug-likeness (QED) is 0.210. The monoisotopic (exact) mass is 295 g/mol. The fourth-order valence-corrected chi connectivity index (χ4v) is 2.16. The second-order valence-corrected chi connectivity index (χ2v) is 4.51. The summed E-state index contributed by atoms with van der Waals surface area (Å²) in [5.74, 6) is 10.8. The SMILES string of the molecule is NN=C(NN)c1ccc(-n2ccc3cc(C=O)cnc32)cn1. The molecule has 0 spiro atoms. The standard InChI is InChI=1S/C14H13N7O/c15-19-13(20-16)12-2-1-11(7-17-12)21-4-3-10-5-9(8-22)6-18-14(10)21/h1-8H,15-16H2,(H,19,20). The van der Waals surface area contributed by atoms with Crippen molar-refractivity contribution in [2.24, 2.45) is 16.8 Å². The van der Waals surface area contributed by atoms with Crippen LogP contribution >= 0.6 is 0 Å². The molecule has 0 aliphatic heterocycles. The summed E-state index contributed by atoms with van der Waals surface area (Å²) < 4.78 is 1.87. The van der Waals surface area contributed by atoms with Crippen LogP contribution in [0.1, 0.15) is 16.1 Å². The Bertz CT molecular complexity index is 851. The molecular formula is C14H13N7O. The van der Waals surface area contributed by atoms with Gasteiger partial charge in [0.25, 0.3) is 0 Å². The molecule has 8 heteroatoms. The van der Waals surface area contributed by atoms with Crippen LogP contribution in [-0.4, -0.2) is 26.7 Å². The van der Waals surface area contributed by atoms with E-state index in [4.69, 9.17) is 11.7 Å². The lowest BCUT2D eigenvalue weighted by Gasteiger charge is -2.07. The van der Waals surface area contributed by atoms with Gasteiger partial charge in [-0.15, -0.1) is 0 Å². The number of nitrogens with zero attached hydrogens (tertiary/aromatic N) is 4. The number of hydrazine groups is 1. The largest absolute Gasteiger partial charge is 0.321 e. The number of aromatic nitrogens is 3. The summed E-state index contributed by atoms with van der Waals surface area (Å²) in [5, 5.41) is 4.38. The van der Waals surface area contributed by atoms with Crippen molar-refractivity contribution in [3.63, 3.8) is 0 Å². The number of hydrogen-bond donors (Lipinski definition) is 3. The van der Waals surface area contributed by atoms with Crippen LogP contribution in [0.25, 0.3) is 16.7 Å². The van der Waals surface area contributed by atoms with Crippen LogP contribution in [0.2, 0.25) is 0 Å². The van der Waals surface area contributed by atoms with Crippen molar-refractivity contribution in [2.75, 3.05) is 0 Å². The van der Waals surface area contributed by atoms with Gasteiger partial charge < -0.3 is 11.3 Å². The molecule has 3 aromatic heterocycles. The highest BCUT2D eigenvalue weighted by Crippen LogP contribution is 2.19. The lowest BCUT2D eigenvalue weighted by atomic mass is 10.2. The number of hydrogen-bond acceptors (Lipinski definition) is 6. The van der Waals surface area contributed by atoms with Crippen molar-refractivity contribution in [3.05, 3.63) is 54.1 Å². The highest BCUT2D eigenvalue weighted by Gasteiger charge is 2.08. The first-order chi connectivity index (χ1) is 10.8. The first kappa shape index (κ1) is 13.7. The fourth-order valence-electron chi connectivity index (χ4n) is 2.16. The van der Waals surface area contributed by atoms with Crippen LogP contribution in [-0.2, 0) is 0 Å². The molecule has 5 N–H and O–H groups in total. The van der Waals surface area contributed by atoms with Gasteiger partial charge in [-0.1, -0.05) is 0 Å². The molecule has 0 saturated heterocycles. The molecular weight excluding hydrogens is 282 g/mol. The average Bonchev–Trinajstić information content (AvgIpc) is 2.99. The van der Waals surface area contributed by atoms with Crippen LogP contribution in [0.15, 0.2) is 48.0 Å². The van der Waals surface area contributed by atoms with E-state index in [0.717, 1.165) is 23.0 Å². The summed E-state index contributed by atoms with van der Waals surface area (Å²) in [6.45, 7) is 0. The van der Waals surface area contributed by atoms with Gasteiger partial charge in [0.15, 0.2) is 12.1 Å². The van der Waals surface area contributed by atoms with Crippen molar-refractivity contribution in [1.29, 1.82) is 0 Å². The minimum absolute atomic E-state index is 0.290. The Kier molecular flexibility index (Phi) is 3.50. The van der Waals surface area contributed by atoms with Crippen molar-refractivity contribution in [2.45, 2.75) is 0 Å². The fraction of sp³-hybridized carbons (Fsp3) is 0. The molecule has 3 heterocycles. The number of aldehydes is 1. The van der Waals surface area contributed by atoms with Gasteiger partial charge in [-0.05, 0) is 24.3 Å². The van der Waals surface area contributed by atoms with E-state index in [2.05, 4.69) is 20.5 Å². The molecule has 0 unspecified atom stereocenters. The van der Waals surface area contributed by atoms with Gasteiger partial charge in [-0.25, -0.2) is 10.8 Å². The third-order valence-corrected chi connectivity index (χ3v) is 3.22. The third kappa shape index (κ3) is 2.27. The number of amidine groups is 1. The van der Waals surface area contributed by atoms with E-state index in [1.54, 1.807) is 18.3 Å². The summed E-state index contributed by atoms with van der Waals surface area (Å²) in [4.78, 5) is 19.4. The molecule has 3 aromatic rings. The van der Waals surface area contributed by atoms with Crippen LogP contribution in [0.3, 0.4) is 0 Å². The topological polar surface area (TPSA) is 124 Å². The average molecular weight is 295 g/mol. The van der Waals surface area contributed by atoms with E-state index < -0.39 is 0 Å². The van der Waals surface area contributed by atoms with E-state index in [-0.39, 0.29) is 5.84 Å². The predicted octanol–water partition coefficient (Wildman–Crippen LogP) is 0.317. The Hall–Kier alpha value is -3.26. The van der Waals surface area contributed by atoms with Gasteiger partial charge in [-0.3, -0.25) is 14.3 Å². The van der Waals surface area contributed by atoms with Crippen molar-refractivity contribution < 1.29 is 4.79 Å². The van der Waals surface area contributed by atoms with Crippen molar-refractivity contribution in [1.82, 2.24) is 20.0 Å². The number of carbonyl (C=O) groups excluding carboxylic acids is 1. The zero-order chi connectivity index (χ0) is 15.5. The molecule has 0 atom stereocenters. The molecule has 0 saturated carbocycles. The Morgan fingerprint density at radius 2 is 2.14 bits per heavy atom. The number of fused-ring (bicyclic) bond motifs is 1. The minimum atomic E-state index is 0.290. The second-order valence-electron chi connectivity index (χ2n) is 4.51. The number of pyridine rings is 2. The summed E-state index contributed by atoms with van der Waals surface area (Å²) in [5.41, 5.74) is 5.00. The van der Waals surface area contributed by atoms with Crippen LogP contribution in [0.4, 0.5) is 0 Å². The molecule has 0 fully saturated rings. The lowest BCUT2D eigenvalue weighted by Crippen LogP contribution is -2.32. The molecule has 0 aliphatic carbocycles. The summed E-state index contributed by atoms with van der Waals surface area (Å²) in [7, 11) is 0. The van der Waals surface area contributed by atoms with Gasteiger partial charge in [0.05, 0.1) is 11.9 Å². The Morgan fingerprint density at radius 3 is 2.77 bits per heavy atom. The van der Waals surface area contributed by atoms with E-state index in [1.165, 1.54) is 6.20 Å². The first-order valence-electron chi connectivity index (χ1n) is 6.40. The van der Waals surface area contributed by atoms with Crippen molar-refractivity contribution >= 4 is 23.2 Å². The second kappa shape index (κ2) is 5.62. The van der Waals surface area contributed by atoms with E-state index in [1.807, 2.05) is 22.9 Å². The zero-order valence-electron chi connectivity index (χ0n) is 11.5. The number of carbonyl (C=O) groups is 1. The summed E-state index contributed by atoms with van der Waals surface area (Å²) >= 11 is 0. The van der Waals surface area contributed by atoms with Gasteiger partial charge >= 0.3 is 0 Å². The zero-order valence-corrected chi connectivity index (χ0v) is 11.5. The molecule has 0 bridgehead atoms. The maximum absolute atomic E-state index is 10.8. The molecule has 3 rings (SSSR count). The van der Waals surface area contributed by atoms with Gasteiger partial charge in [0, 0.05) is 23.3 Å². The number of nitrogens with one attached hydrogen (secondary N) is 1. The Balaban J connectivity index is 2.03. The smallest absolute Gasteiger partial charge is 0.185 e. The molecule has 110 valence electrons. The minimum Gasteiger partial charge on any atom is -0.321 e. The van der Waals surface area contributed by atoms with Gasteiger partial charge in [0.1, 0.15) is 11.3 Å². The molecule has 22 heavy (non-hydrogen) atoms. The number of nitrogens with two attached hydrogens (primary N) is 2. The number of rotatable bonds is 3. The highest BCUT2D eigenvalue weighted by atomic mass is 16.1. The molecule has 0 aromatic carbocycles. The Morgan fingerprint density at radius 1 is 1.27 bits per heavy atom. The van der Waals surface area contributed by atoms with Gasteiger partial charge in [-0.2, -0.15) is 5.10 Å². The molecule has 0 radical (unpaired) electrons. The molecule has 8 nitrogen and oxygen atoms in total. The summed E-state index contributed by atoms with van der Waals surface area (Å²) in [6.07, 6.45) is 5.83. The predicted molar refractivity (Wildman–Crippen MR) is 82.3 cm³/mol. The van der Waals surface area contributed by atoms with Crippen LogP contribution in [0.5, 0.6) is 0 Å². The molecule has 0 amide bonds. The lowest BCUT2D eigenvalue weighted by molar-refractivity contribution is 0.112. The van der Waals surface area contributed by atoms with Crippen LogP contribution < -0.4 is 17.1 Å². The van der Waals surface area contributed by atoms with Crippen molar-refractivity contribution in [3.8, 4) is 5.69 Å². The first-order valence-corrected chi connectivity index (χ1v) is 6.40. The third-order valence-electron chi connectivity index (χ3n) is 3.22. The highest BCUT2D eigenvalue weighted by molar-refractivity contribution is 5.96. The molecule has 0 aliphatic rings. The Labute approximate surface area is 125 Å². The van der Waals surface area contributed by atoms with Crippen LogP contribution in [0, 0.1) is 0 Å². The maximum atomic E-state index is 10.8. The number of hydrazone groups is 1.